The molecule has 7 heteroatoms. The highest BCUT2D eigenvalue weighted by Crippen LogP contribution is 2.36. The Bertz CT molecular complexity index is 575. The molecule has 1 atom stereocenters. The largest absolute Gasteiger partial charge is 0.481 e. The molecule has 1 fully saturated rings. The van der Waals surface area contributed by atoms with Gasteiger partial charge in [-0.05, 0) is 26.2 Å². The van der Waals surface area contributed by atoms with Crippen LogP contribution in [0.5, 0.6) is 0 Å². The van der Waals surface area contributed by atoms with Crippen LogP contribution in [0.25, 0.3) is 0 Å². The van der Waals surface area contributed by atoms with Crippen molar-refractivity contribution in [2.24, 2.45) is 5.41 Å². The molecule has 0 bridgehead atoms. The summed E-state index contributed by atoms with van der Waals surface area (Å²) in [7, 11) is 0. The minimum atomic E-state index is -0.809. The van der Waals surface area contributed by atoms with Crippen LogP contribution < -0.4 is 4.90 Å². The normalized spacial score (nSPS) is 22.1. The van der Waals surface area contributed by atoms with E-state index in [2.05, 4.69) is 4.98 Å². The maximum absolute atomic E-state index is 11.6. The summed E-state index contributed by atoms with van der Waals surface area (Å²) < 4.78 is 0. The Labute approximate surface area is 122 Å². The second kappa shape index (κ2) is 5.67. The minimum Gasteiger partial charge on any atom is -0.481 e. The number of anilines is 1. The highest BCUT2D eigenvalue weighted by Gasteiger charge is 2.41. The molecular formula is C14H19N3O4. The van der Waals surface area contributed by atoms with Gasteiger partial charge in [-0.3, -0.25) is 14.9 Å². The molecule has 1 aliphatic heterocycles. The van der Waals surface area contributed by atoms with Crippen LogP contribution in [0.3, 0.4) is 0 Å². The van der Waals surface area contributed by atoms with Gasteiger partial charge in [-0.15, -0.1) is 0 Å². The van der Waals surface area contributed by atoms with Gasteiger partial charge in [-0.2, -0.15) is 0 Å². The lowest BCUT2D eigenvalue weighted by atomic mass is 9.77. The van der Waals surface area contributed by atoms with Gasteiger partial charge >= 0.3 is 5.97 Å². The summed E-state index contributed by atoms with van der Waals surface area (Å²) in [4.78, 5) is 28.2. The predicted octanol–water partition coefficient (Wildman–Crippen LogP) is 2.38. The molecule has 1 aromatic rings. The topological polar surface area (TPSA) is 96.6 Å². The van der Waals surface area contributed by atoms with Gasteiger partial charge < -0.3 is 10.0 Å². The third-order valence-corrected chi connectivity index (χ3v) is 4.29. The highest BCUT2D eigenvalue weighted by atomic mass is 16.6. The van der Waals surface area contributed by atoms with E-state index in [1.165, 1.54) is 12.3 Å². The van der Waals surface area contributed by atoms with E-state index in [-0.39, 0.29) is 5.69 Å². The van der Waals surface area contributed by atoms with Crippen molar-refractivity contribution in [2.45, 2.75) is 33.1 Å². The molecule has 2 rings (SSSR count). The van der Waals surface area contributed by atoms with Gasteiger partial charge in [0.2, 0.25) is 0 Å². The van der Waals surface area contributed by atoms with Gasteiger partial charge in [-0.1, -0.05) is 6.92 Å². The molecule has 0 radical (unpaired) electrons. The molecule has 1 saturated heterocycles. The van der Waals surface area contributed by atoms with Crippen molar-refractivity contribution in [2.75, 3.05) is 18.0 Å². The zero-order valence-electron chi connectivity index (χ0n) is 12.2. The lowest BCUT2D eigenvalue weighted by Gasteiger charge is -2.39. The van der Waals surface area contributed by atoms with Crippen LogP contribution in [0.15, 0.2) is 12.3 Å². The Morgan fingerprint density at radius 2 is 2.33 bits per heavy atom. The summed E-state index contributed by atoms with van der Waals surface area (Å²) in [6.07, 6.45) is 3.37. The van der Waals surface area contributed by atoms with E-state index in [9.17, 15) is 20.0 Å². The van der Waals surface area contributed by atoms with Crippen molar-refractivity contribution in [3.63, 3.8) is 0 Å². The van der Waals surface area contributed by atoms with Gasteiger partial charge in [0.05, 0.1) is 16.4 Å². The highest BCUT2D eigenvalue weighted by molar-refractivity contribution is 5.76. The number of carbonyl (C=O) groups is 1. The number of piperidine rings is 1. The minimum absolute atomic E-state index is 0.0167. The van der Waals surface area contributed by atoms with E-state index in [1.54, 1.807) is 6.92 Å². The maximum atomic E-state index is 11.6. The van der Waals surface area contributed by atoms with Gasteiger partial charge in [0.25, 0.3) is 5.69 Å². The van der Waals surface area contributed by atoms with Crippen molar-refractivity contribution >= 4 is 17.5 Å². The van der Waals surface area contributed by atoms with Crippen molar-refractivity contribution in [1.82, 2.24) is 4.98 Å². The first-order valence-electron chi connectivity index (χ1n) is 6.99. The van der Waals surface area contributed by atoms with Crippen molar-refractivity contribution in [3.05, 3.63) is 27.9 Å². The summed E-state index contributed by atoms with van der Waals surface area (Å²) in [6.45, 7) is 4.51. The Hall–Kier alpha value is -2.18. The van der Waals surface area contributed by atoms with Crippen molar-refractivity contribution in [3.8, 4) is 0 Å². The first-order chi connectivity index (χ1) is 9.89. The van der Waals surface area contributed by atoms with Crippen LogP contribution in [-0.2, 0) is 4.79 Å². The van der Waals surface area contributed by atoms with Crippen molar-refractivity contribution in [1.29, 1.82) is 0 Å². The molecule has 1 unspecified atom stereocenters. The fraction of sp³-hybridized carbons (Fsp3) is 0.571. The third-order valence-electron chi connectivity index (χ3n) is 4.29. The summed E-state index contributed by atoms with van der Waals surface area (Å²) in [5, 5.41) is 20.5. The molecule has 1 N–H and O–H groups in total. The second-order valence-electron chi connectivity index (χ2n) is 5.55. The maximum Gasteiger partial charge on any atom is 0.311 e. The second-order valence-corrected chi connectivity index (χ2v) is 5.55. The molecule has 21 heavy (non-hydrogen) atoms. The van der Waals surface area contributed by atoms with Gasteiger partial charge in [0.1, 0.15) is 5.82 Å². The molecule has 7 nitrogen and oxygen atoms in total. The Morgan fingerprint density at radius 1 is 1.62 bits per heavy atom. The van der Waals surface area contributed by atoms with Crippen LogP contribution in [0, 0.1) is 22.5 Å². The standard InChI is InChI=1S/C14H19N3O4/c1-3-14(13(18)19)5-4-6-16(9-14)12-7-11(17(20)21)10(2)8-15-12/h7-8H,3-6,9H2,1-2H3,(H,18,19). The monoisotopic (exact) mass is 293 g/mol. The van der Waals surface area contributed by atoms with Crippen LogP contribution in [0.1, 0.15) is 31.7 Å². The van der Waals surface area contributed by atoms with Crippen LogP contribution in [-0.4, -0.2) is 34.1 Å². The van der Waals surface area contributed by atoms with Crippen molar-refractivity contribution < 1.29 is 14.8 Å². The van der Waals surface area contributed by atoms with Gasteiger partial charge in [0, 0.05) is 24.8 Å². The number of rotatable bonds is 4. The molecule has 0 aromatic carbocycles. The molecule has 2 heterocycles. The number of hydrogen-bond donors (Lipinski definition) is 1. The molecule has 0 saturated carbocycles. The zero-order valence-corrected chi connectivity index (χ0v) is 12.2. The number of aromatic nitrogens is 1. The summed E-state index contributed by atoms with van der Waals surface area (Å²) >= 11 is 0. The zero-order chi connectivity index (χ0) is 15.6. The fourth-order valence-corrected chi connectivity index (χ4v) is 2.81. The van der Waals surface area contributed by atoms with Crippen LogP contribution in [0.2, 0.25) is 0 Å². The fourth-order valence-electron chi connectivity index (χ4n) is 2.81. The predicted molar refractivity (Wildman–Crippen MR) is 77.4 cm³/mol. The number of carboxylic acid groups (broad SMARTS) is 1. The Balaban J connectivity index is 2.32. The smallest absolute Gasteiger partial charge is 0.311 e. The first-order valence-corrected chi connectivity index (χ1v) is 6.99. The van der Waals surface area contributed by atoms with E-state index < -0.39 is 16.3 Å². The van der Waals surface area contributed by atoms with Crippen LogP contribution >= 0.6 is 0 Å². The third kappa shape index (κ3) is 2.81. The molecule has 0 spiro atoms. The number of hydrogen-bond acceptors (Lipinski definition) is 5. The van der Waals surface area contributed by atoms with E-state index in [0.29, 0.717) is 37.3 Å². The number of nitrogens with zero attached hydrogens (tertiary/aromatic N) is 3. The average Bonchev–Trinajstić information content (AvgIpc) is 2.47. The average molecular weight is 293 g/mol. The summed E-state index contributed by atoms with van der Waals surface area (Å²) in [6, 6.07) is 1.43. The van der Waals surface area contributed by atoms with E-state index in [1.807, 2.05) is 11.8 Å². The van der Waals surface area contributed by atoms with E-state index in [4.69, 9.17) is 0 Å². The Kier molecular flexibility index (Phi) is 4.11. The molecule has 114 valence electrons. The molecular weight excluding hydrogens is 274 g/mol. The van der Waals surface area contributed by atoms with Crippen LogP contribution in [0.4, 0.5) is 11.5 Å². The lowest BCUT2D eigenvalue weighted by Crippen LogP contribution is -2.47. The summed E-state index contributed by atoms with van der Waals surface area (Å²) in [5.74, 6) is -0.331. The lowest BCUT2D eigenvalue weighted by molar-refractivity contribution is -0.385. The molecule has 0 amide bonds. The SMILES string of the molecule is CCC1(C(=O)O)CCCN(c2cc([N+](=O)[O-])c(C)cn2)C1. The van der Waals surface area contributed by atoms with Gasteiger partial charge in [0.15, 0.2) is 0 Å². The quantitative estimate of drug-likeness (QED) is 0.676. The number of aryl methyl sites for hydroxylation is 1. The van der Waals surface area contributed by atoms with E-state index in [0.717, 1.165) is 6.42 Å². The number of nitro groups is 1. The number of aliphatic carboxylic acids is 1. The van der Waals surface area contributed by atoms with Gasteiger partial charge in [-0.25, -0.2) is 4.98 Å². The first kappa shape index (κ1) is 15.2. The summed E-state index contributed by atoms with van der Waals surface area (Å²) in [5.41, 5.74) is -0.275. The molecule has 0 aliphatic carbocycles. The number of pyridine rings is 1. The Morgan fingerprint density at radius 3 is 2.90 bits per heavy atom. The number of carboxylic acids is 1. The molecule has 1 aliphatic rings. The molecule has 1 aromatic heterocycles. The van der Waals surface area contributed by atoms with E-state index >= 15 is 0 Å².